The molecule has 9 unspecified atom stereocenters. The monoisotopic (exact) mass is 687 g/mol. The standard InChI is InChI=1S/C37H72.C7H16.C5H10/c1-9-19-31(5)22-13-12-14-25-35(36-28-27-34(8)37(29-36)33(7)20-10-2)26-18-17-24-32(6)23-16-15-21-30(4)11-3;1-4-6-7(3)5-2;1-2-4-5-3-1/h17,24,30-37H,9-16,18-23,25-29H2,1-8H3;7H,4-6H2,1-3H3;1-5H2. The molecule has 0 bridgehead atoms. The molecule has 0 N–H and O–H groups in total. The Labute approximate surface area is 314 Å². The van der Waals surface area contributed by atoms with Gasteiger partial charge in [0.15, 0.2) is 0 Å². The minimum absolute atomic E-state index is 0.760. The quantitative estimate of drug-likeness (QED) is 0.0662. The largest absolute Gasteiger partial charge is 0.0883 e. The van der Waals surface area contributed by atoms with Crippen molar-refractivity contribution < 1.29 is 0 Å². The van der Waals surface area contributed by atoms with Crippen molar-refractivity contribution in [1.29, 1.82) is 0 Å². The highest BCUT2D eigenvalue weighted by atomic mass is 14.4. The Bertz CT molecular complexity index is 679. The van der Waals surface area contributed by atoms with Crippen LogP contribution in [0.4, 0.5) is 0 Å². The summed E-state index contributed by atoms with van der Waals surface area (Å²) in [5.74, 6) is 8.35. The maximum atomic E-state index is 2.57. The molecule has 0 spiro atoms. The third-order valence-corrected chi connectivity index (χ3v) is 13.2. The Morgan fingerprint density at radius 2 is 1.04 bits per heavy atom. The third-order valence-electron chi connectivity index (χ3n) is 13.2. The molecule has 0 aromatic carbocycles. The van der Waals surface area contributed by atoms with E-state index in [-0.39, 0.29) is 0 Å². The van der Waals surface area contributed by atoms with Gasteiger partial charge in [0.1, 0.15) is 0 Å². The highest BCUT2D eigenvalue weighted by molar-refractivity contribution is 4.89. The van der Waals surface area contributed by atoms with Crippen LogP contribution in [0.2, 0.25) is 0 Å². The Morgan fingerprint density at radius 3 is 1.61 bits per heavy atom. The van der Waals surface area contributed by atoms with E-state index in [1.165, 1.54) is 173 Å². The van der Waals surface area contributed by atoms with Crippen LogP contribution in [0.25, 0.3) is 0 Å². The van der Waals surface area contributed by atoms with Gasteiger partial charge in [-0.2, -0.15) is 0 Å². The molecule has 2 fully saturated rings. The summed E-state index contributed by atoms with van der Waals surface area (Å²) in [6, 6.07) is 0. The summed E-state index contributed by atoms with van der Waals surface area (Å²) in [5, 5.41) is 0. The lowest BCUT2D eigenvalue weighted by Crippen LogP contribution is -2.31. The van der Waals surface area contributed by atoms with Crippen LogP contribution in [0.15, 0.2) is 12.2 Å². The van der Waals surface area contributed by atoms with E-state index in [2.05, 4.69) is 88.3 Å². The van der Waals surface area contributed by atoms with Gasteiger partial charge < -0.3 is 0 Å². The molecular weight excluding hydrogens is 589 g/mol. The van der Waals surface area contributed by atoms with Crippen LogP contribution < -0.4 is 0 Å². The lowest BCUT2D eigenvalue weighted by Gasteiger charge is -2.41. The van der Waals surface area contributed by atoms with Gasteiger partial charge in [-0.15, -0.1) is 0 Å². The van der Waals surface area contributed by atoms with Crippen LogP contribution >= 0.6 is 0 Å². The van der Waals surface area contributed by atoms with E-state index in [4.69, 9.17) is 0 Å². The van der Waals surface area contributed by atoms with Gasteiger partial charge in [0.2, 0.25) is 0 Å². The maximum Gasteiger partial charge on any atom is -0.0262 e. The first-order valence-electron chi connectivity index (χ1n) is 23.3. The maximum absolute atomic E-state index is 2.57. The summed E-state index contributed by atoms with van der Waals surface area (Å²) < 4.78 is 0. The molecule has 2 aliphatic rings. The molecule has 0 aromatic heterocycles. The summed E-state index contributed by atoms with van der Waals surface area (Å²) in [4.78, 5) is 0. The zero-order valence-corrected chi connectivity index (χ0v) is 36.4. The Morgan fingerprint density at radius 1 is 0.531 bits per heavy atom. The van der Waals surface area contributed by atoms with Crippen LogP contribution in [0.1, 0.15) is 250 Å². The van der Waals surface area contributed by atoms with Crippen molar-refractivity contribution in [1.82, 2.24) is 0 Å². The van der Waals surface area contributed by atoms with Crippen molar-refractivity contribution in [3.63, 3.8) is 0 Å². The van der Waals surface area contributed by atoms with Crippen LogP contribution in [-0.2, 0) is 0 Å². The second-order valence-electron chi connectivity index (χ2n) is 18.1. The van der Waals surface area contributed by atoms with Crippen LogP contribution in [0.3, 0.4) is 0 Å². The van der Waals surface area contributed by atoms with Gasteiger partial charge in [0.25, 0.3) is 0 Å². The van der Waals surface area contributed by atoms with E-state index in [1.54, 1.807) is 0 Å². The predicted molar refractivity (Wildman–Crippen MR) is 228 cm³/mol. The van der Waals surface area contributed by atoms with Crippen molar-refractivity contribution in [3.05, 3.63) is 12.2 Å². The van der Waals surface area contributed by atoms with Gasteiger partial charge >= 0.3 is 0 Å². The first-order valence-corrected chi connectivity index (χ1v) is 23.3. The molecule has 2 saturated carbocycles. The normalized spacial score (nSPS) is 23.1. The van der Waals surface area contributed by atoms with E-state index >= 15 is 0 Å². The minimum atomic E-state index is 0.760. The fourth-order valence-corrected chi connectivity index (χ4v) is 9.09. The SMILES string of the molecule is C1CCCC1.CCCC(C)CC.CCCC(C)CCCCCC(CCC=CC(C)CCCCC(C)CC)C1CCC(C)C(C(C)CCC)C1. The van der Waals surface area contributed by atoms with E-state index in [1.807, 2.05) is 0 Å². The second-order valence-corrected chi connectivity index (χ2v) is 18.1. The number of hydrogen-bond donors (Lipinski definition) is 0. The smallest absolute Gasteiger partial charge is 0.0262 e. The van der Waals surface area contributed by atoms with Crippen molar-refractivity contribution >= 4 is 0 Å². The van der Waals surface area contributed by atoms with Crippen molar-refractivity contribution in [2.75, 3.05) is 0 Å². The summed E-state index contributed by atoms with van der Waals surface area (Å²) in [6.45, 7) is 26.3. The molecule has 2 aliphatic carbocycles. The fourth-order valence-electron chi connectivity index (χ4n) is 9.09. The zero-order chi connectivity index (χ0) is 36.7. The third kappa shape index (κ3) is 27.1. The van der Waals surface area contributed by atoms with E-state index in [9.17, 15) is 0 Å². The van der Waals surface area contributed by atoms with Crippen molar-refractivity contribution in [3.8, 4) is 0 Å². The van der Waals surface area contributed by atoms with Crippen LogP contribution in [0, 0.1) is 53.3 Å². The van der Waals surface area contributed by atoms with Gasteiger partial charge in [-0.05, 0) is 85.4 Å². The predicted octanol–water partition coefficient (Wildman–Crippen LogP) is 17.8. The van der Waals surface area contributed by atoms with E-state index in [0.29, 0.717) is 0 Å². The Balaban J connectivity index is 0.00000160. The number of hydrogen-bond acceptors (Lipinski definition) is 0. The van der Waals surface area contributed by atoms with E-state index in [0.717, 1.165) is 53.3 Å². The molecule has 0 radical (unpaired) electrons. The van der Waals surface area contributed by atoms with Gasteiger partial charge in [0, 0.05) is 0 Å². The summed E-state index contributed by atoms with van der Waals surface area (Å²) in [6.07, 6.45) is 43.9. The molecule has 0 heteroatoms. The fraction of sp³-hybridized carbons (Fsp3) is 0.959. The molecular formula is C49H98. The second kappa shape index (κ2) is 33.6. The number of allylic oxidation sites excluding steroid dienone is 2. The molecule has 2 rings (SSSR count). The molecule has 0 nitrogen and oxygen atoms in total. The summed E-state index contributed by atoms with van der Waals surface area (Å²) in [7, 11) is 0. The van der Waals surface area contributed by atoms with Gasteiger partial charge in [-0.3, -0.25) is 0 Å². The summed E-state index contributed by atoms with van der Waals surface area (Å²) >= 11 is 0. The lowest BCUT2D eigenvalue weighted by atomic mass is 9.64. The Kier molecular flexibility index (Phi) is 33.4. The number of unbranched alkanes of at least 4 members (excludes halogenated alkanes) is 3. The molecule has 49 heavy (non-hydrogen) atoms. The first-order chi connectivity index (χ1) is 23.6. The average Bonchev–Trinajstić information content (AvgIpc) is 3.69. The van der Waals surface area contributed by atoms with Crippen molar-refractivity contribution in [2.45, 2.75) is 250 Å². The molecule has 0 aromatic rings. The van der Waals surface area contributed by atoms with Crippen molar-refractivity contribution in [2.24, 2.45) is 53.3 Å². The molecule has 0 heterocycles. The average molecular weight is 687 g/mol. The highest BCUT2D eigenvalue weighted by Gasteiger charge is 2.34. The minimum Gasteiger partial charge on any atom is -0.0883 e. The Hall–Kier alpha value is -0.260. The molecule has 0 amide bonds. The molecule has 9 atom stereocenters. The zero-order valence-electron chi connectivity index (χ0n) is 36.4. The molecule has 294 valence electrons. The van der Waals surface area contributed by atoms with Crippen LogP contribution in [0.5, 0.6) is 0 Å². The van der Waals surface area contributed by atoms with Gasteiger partial charge in [-0.1, -0.05) is 230 Å². The van der Waals surface area contributed by atoms with Gasteiger partial charge in [-0.25, -0.2) is 0 Å². The number of rotatable bonds is 25. The highest BCUT2D eigenvalue weighted by Crippen LogP contribution is 2.44. The van der Waals surface area contributed by atoms with E-state index < -0.39 is 0 Å². The van der Waals surface area contributed by atoms with Gasteiger partial charge in [0.05, 0.1) is 0 Å². The lowest BCUT2D eigenvalue weighted by molar-refractivity contribution is 0.0944. The molecule has 0 aliphatic heterocycles. The van der Waals surface area contributed by atoms with Crippen LogP contribution in [-0.4, -0.2) is 0 Å². The first kappa shape index (κ1) is 48.7. The molecule has 0 saturated heterocycles. The topological polar surface area (TPSA) is 0 Å². The summed E-state index contributed by atoms with van der Waals surface area (Å²) in [5.41, 5.74) is 0.